The number of halogens is 1. The SMILES string of the molecule is CCC(C)(C)Oc1cccc(Br)c1/C(N)=N/O. The number of nitrogens with two attached hydrogens (primary N) is 1. The third kappa shape index (κ3) is 3.36. The summed E-state index contributed by atoms with van der Waals surface area (Å²) < 4.78 is 6.62. The van der Waals surface area contributed by atoms with E-state index in [1.54, 1.807) is 6.07 Å². The lowest BCUT2D eigenvalue weighted by Gasteiger charge is -2.26. The second kappa shape index (κ2) is 5.40. The zero-order chi connectivity index (χ0) is 13.1. The third-order valence-corrected chi connectivity index (χ3v) is 3.24. The van der Waals surface area contributed by atoms with Gasteiger partial charge in [0.05, 0.1) is 5.56 Å². The molecule has 1 aromatic carbocycles. The average Bonchev–Trinajstić information content (AvgIpc) is 2.28. The van der Waals surface area contributed by atoms with Crippen molar-refractivity contribution >= 4 is 21.8 Å². The molecule has 4 nitrogen and oxygen atoms in total. The van der Waals surface area contributed by atoms with Gasteiger partial charge in [-0.25, -0.2) is 0 Å². The molecule has 1 aromatic rings. The van der Waals surface area contributed by atoms with E-state index in [4.69, 9.17) is 15.7 Å². The second-order valence-electron chi connectivity index (χ2n) is 4.31. The lowest BCUT2D eigenvalue weighted by atomic mass is 10.1. The molecule has 0 atom stereocenters. The largest absolute Gasteiger partial charge is 0.487 e. The fourth-order valence-corrected chi connectivity index (χ4v) is 1.81. The first-order chi connectivity index (χ1) is 7.91. The molecular formula is C12H17BrN2O2. The molecule has 0 spiro atoms. The van der Waals surface area contributed by atoms with E-state index in [2.05, 4.69) is 21.1 Å². The summed E-state index contributed by atoms with van der Waals surface area (Å²) in [7, 11) is 0. The van der Waals surface area contributed by atoms with Gasteiger partial charge in [-0.1, -0.05) is 18.1 Å². The van der Waals surface area contributed by atoms with Crippen molar-refractivity contribution in [3.8, 4) is 5.75 Å². The first kappa shape index (κ1) is 13.8. The molecule has 17 heavy (non-hydrogen) atoms. The quantitative estimate of drug-likeness (QED) is 0.388. The molecule has 3 N–H and O–H groups in total. The lowest BCUT2D eigenvalue weighted by molar-refractivity contribution is 0.105. The number of nitrogens with zero attached hydrogens (tertiary/aromatic N) is 1. The summed E-state index contributed by atoms with van der Waals surface area (Å²) >= 11 is 3.37. The van der Waals surface area contributed by atoms with Crippen molar-refractivity contribution in [2.24, 2.45) is 10.9 Å². The van der Waals surface area contributed by atoms with Crippen molar-refractivity contribution in [1.82, 2.24) is 0 Å². The van der Waals surface area contributed by atoms with E-state index in [1.165, 1.54) is 0 Å². The van der Waals surface area contributed by atoms with Crippen LogP contribution in [0, 0.1) is 0 Å². The minimum atomic E-state index is -0.300. The van der Waals surface area contributed by atoms with Gasteiger partial charge in [-0.2, -0.15) is 0 Å². The summed E-state index contributed by atoms with van der Waals surface area (Å²) in [5.41, 5.74) is 5.91. The molecule has 0 heterocycles. The van der Waals surface area contributed by atoms with E-state index in [0.29, 0.717) is 11.3 Å². The Balaban J connectivity index is 3.21. The molecule has 5 heteroatoms. The molecule has 0 aliphatic heterocycles. The van der Waals surface area contributed by atoms with Crippen LogP contribution in [0.25, 0.3) is 0 Å². The van der Waals surface area contributed by atoms with Gasteiger partial charge in [0.1, 0.15) is 11.4 Å². The molecule has 0 saturated heterocycles. The number of amidine groups is 1. The summed E-state index contributed by atoms with van der Waals surface area (Å²) in [4.78, 5) is 0. The number of hydrogen-bond donors (Lipinski definition) is 2. The van der Waals surface area contributed by atoms with E-state index in [1.807, 2.05) is 32.9 Å². The number of rotatable bonds is 4. The van der Waals surface area contributed by atoms with Crippen molar-refractivity contribution in [3.05, 3.63) is 28.2 Å². The molecule has 94 valence electrons. The van der Waals surface area contributed by atoms with Crippen molar-refractivity contribution in [2.75, 3.05) is 0 Å². The summed E-state index contributed by atoms with van der Waals surface area (Å²) in [6.07, 6.45) is 0.856. The highest BCUT2D eigenvalue weighted by Gasteiger charge is 2.21. The molecule has 0 bridgehead atoms. The van der Waals surface area contributed by atoms with Crippen molar-refractivity contribution in [1.29, 1.82) is 0 Å². The van der Waals surface area contributed by atoms with E-state index < -0.39 is 0 Å². The van der Waals surface area contributed by atoms with Gasteiger partial charge in [0.15, 0.2) is 5.84 Å². The molecule has 0 aliphatic rings. The second-order valence-corrected chi connectivity index (χ2v) is 5.17. The molecule has 0 aliphatic carbocycles. The van der Waals surface area contributed by atoms with Crippen LogP contribution in [-0.2, 0) is 0 Å². The zero-order valence-corrected chi connectivity index (χ0v) is 11.8. The van der Waals surface area contributed by atoms with E-state index in [9.17, 15) is 0 Å². The molecule has 0 fully saturated rings. The van der Waals surface area contributed by atoms with E-state index in [-0.39, 0.29) is 11.4 Å². The van der Waals surface area contributed by atoms with Gasteiger partial charge in [0.2, 0.25) is 0 Å². The lowest BCUT2D eigenvalue weighted by Crippen LogP contribution is -2.28. The average molecular weight is 301 g/mol. The van der Waals surface area contributed by atoms with Crippen LogP contribution in [0.5, 0.6) is 5.75 Å². The number of ether oxygens (including phenoxy) is 1. The van der Waals surface area contributed by atoms with Gasteiger partial charge in [0, 0.05) is 4.47 Å². The molecule has 1 rings (SSSR count). The zero-order valence-electron chi connectivity index (χ0n) is 10.2. The monoisotopic (exact) mass is 300 g/mol. The Kier molecular flexibility index (Phi) is 4.40. The number of hydrogen-bond acceptors (Lipinski definition) is 3. The highest BCUT2D eigenvalue weighted by Crippen LogP contribution is 2.30. The topological polar surface area (TPSA) is 67.8 Å². The van der Waals surface area contributed by atoms with Crippen LogP contribution in [-0.4, -0.2) is 16.6 Å². The van der Waals surface area contributed by atoms with E-state index in [0.717, 1.165) is 10.9 Å². The van der Waals surface area contributed by atoms with E-state index >= 15 is 0 Å². The molecular weight excluding hydrogens is 284 g/mol. The Morgan fingerprint density at radius 1 is 1.53 bits per heavy atom. The van der Waals surface area contributed by atoms with Gasteiger partial charge in [-0.15, -0.1) is 0 Å². The predicted octanol–water partition coefficient (Wildman–Crippen LogP) is 3.11. The first-order valence-corrected chi connectivity index (χ1v) is 6.16. The Bertz CT molecular complexity index is 431. The number of benzene rings is 1. The Morgan fingerprint density at radius 2 is 2.18 bits per heavy atom. The smallest absolute Gasteiger partial charge is 0.175 e. The fraction of sp³-hybridized carbons (Fsp3) is 0.417. The highest BCUT2D eigenvalue weighted by molar-refractivity contribution is 9.10. The van der Waals surface area contributed by atoms with Crippen LogP contribution in [0.3, 0.4) is 0 Å². The van der Waals surface area contributed by atoms with Crippen LogP contribution in [0.2, 0.25) is 0 Å². The Hall–Kier alpha value is -1.23. The fourth-order valence-electron chi connectivity index (χ4n) is 1.26. The normalized spacial score (nSPS) is 12.6. The van der Waals surface area contributed by atoms with Crippen LogP contribution < -0.4 is 10.5 Å². The maximum atomic E-state index is 8.78. The first-order valence-electron chi connectivity index (χ1n) is 5.36. The number of oxime groups is 1. The summed E-state index contributed by atoms with van der Waals surface area (Å²) in [6, 6.07) is 5.47. The molecule has 0 radical (unpaired) electrons. The minimum Gasteiger partial charge on any atom is -0.487 e. The van der Waals surface area contributed by atoms with Crippen LogP contribution >= 0.6 is 15.9 Å². The standard InChI is InChI=1S/C12H17BrN2O2/c1-4-12(2,3)17-9-7-5-6-8(13)10(9)11(14)15-16/h5-7,16H,4H2,1-3H3,(H2,14,15). The molecule has 0 saturated carbocycles. The minimum absolute atomic E-state index is 0.0272. The van der Waals surface area contributed by atoms with Gasteiger partial charge in [-0.05, 0) is 48.3 Å². The van der Waals surface area contributed by atoms with Crippen molar-refractivity contribution in [3.63, 3.8) is 0 Å². The van der Waals surface area contributed by atoms with Gasteiger partial charge in [-0.3, -0.25) is 0 Å². The van der Waals surface area contributed by atoms with Crippen LogP contribution in [0.4, 0.5) is 0 Å². The van der Waals surface area contributed by atoms with Crippen molar-refractivity contribution in [2.45, 2.75) is 32.8 Å². The molecule has 0 unspecified atom stereocenters. The Labute approximate surface area is 110 Å². The summed E-state index contributed by atoms with van der Waals surface area (Å²) in [6.45, 7) is 6.02. The van der Waals surface area contributed by atoms with Crippen LogP contribution in [0.1, 0.15) is 32.8 Å². The van der Waals surface area contributed by atoms with Crippen LogP contribution in [0.15, 0.2) is 27.8 Å². The van der Waals surface area contributed by atoms with Crippen molar-refractivity contribution < 1.29 is 9.94 Å². The third-order valence-electron chi connectivity index (χ3n) is 2.58. The Morgan fingerprint density at radius 3 is 2.71 bits per heavy atom. The summed E-state index contributed by atoms with van der Waals surface area (Å²) in [5, 5.41) is 11.8. The van der Waals surface area contributed by atoms with Gasteiger partial charge < -0.3 is 15.7 Å². The molecule has 0 aromatic heterocycles. The molecule has 0 amide bonds. The maximum Gasteiger partial charge on any atom is 0.175 e. The van der Waals surface area contributed by atoms with Gasteiger partial charge >= 0.3 is 0 Å². The summed E-state index contributed by atoms with van der Waals surface area (Å²) in [5.74, 6) is 0.626. The maximum absolute atomic E-state index is 8.78. The predicted molar refractivity (Wildman–Crippen MR) is 71.7 cm³/mol. The highest BCUT2D eigenvalue weighted by atomic mass is 79.9. The van der Waals surface area contributed by atoms with Gasteiger partial charge in [0.25, 0.3) is 0 Å².